The molecule has 1 rings (SSSR count). The van der Waals surface area contributed by atoms with Gasteiger partial charge in [0.05, 0.1) is 6.61 Å². The molecule has 0 aliphatic rings. The zero-order valence-electron chi connectivity index (χ0n) is 9.00. The lowest BCUT2D eigenvalue weighted by Crippen LogP contribution is -2.00. The summed E-state index contributed by atoms with van der Waals surface area (Å²) in [6.45, 7) is 0.00562. The molecule has 0 saturated carbocycles. The van der Waals surface area contributed by atoms with Crippen LogP contribution in [0, 0.1) is 17.7 Å². The molecular formula is C12H13FO3. The molecule has 0 aliphatic heterocycles. The van der Waals surface area contributed by atoms with E-state index in [0.717, 1.165) is 0 Å². The maximum Gasteiger partial charge on any atom is 0.188 e. The van der Waals surface area contributed by atoms with E-state index in [2.05, 4.69) is 16.6 Å². The van der Waals surface area contributed by atoms with E-state index in [1.807, 2.05) is 0 Å². The second-order valence-electron chi connectivity index (χ2n) is 2.97. The van der Waals surface area contributed by atoms with Crippen LogP contribution >= 0.6 is 0 Å². The zero-order valence-corrected chi connectivity index (χ0v) is 9.00. The molecule has 1 aromatic rings. The summed E-state index contributed by atoms with van der Waals surface area (Å²) < 4.78 is 22.9. The summed E-state index contributed by atoms with van der Waals surface area (Å²) >= 11 is 0. The van der Waals surface area contributed by atoms with Crippen LogP contribution in [0.3, 0.4) is 0 Å². The van der Waals surface area contributed by atoms with Crippen molar-refractivity contribution in [2.24, 2.45) is 0 Å². The third kappa shape index (κ3) is 3.89. The Hall–Kier alpha value is -1.57. The van der Waals surface area contributed by atoms with Gasteiger partial charge in [-0.15, -0.1) is 0 Å². The Morgan fingerprint density at radius 3 is 2.94 bits per heavy atom. The predicted molar refractivity (Wildman–Crippen MR) is 57.5 cm³/mol. The molecule has 0 unspecified atom stereocenters. The maximum atomic E-state index is 13.2. The lowest BCUT2D eigenvalue weighted by molar-refractivity contribution is 0.0483. The van der Waals surface area contributed by atoms with Crippen molar-refractivity contribution in [3.8, 4) is 17.6 Å². The summed E-state index contributed by atoms with van der Waals surface area (Å²) in [6.07, 6.45) is 0.394. The molecule has 4 heteroatoms. The molecule has 0 atom stereocenters. The fourth-order valence-corrected chi connectivity index (χ4v) is 1.03. The second-order valence-corrected chi connectivity index (χ2v) is 2.97. The van der Waals surface area contributed by atoms with Crippen LogP contribution in [0.15, 0.2) is 18.2 Å². The fraction of sp³-hybridized carbons (Fsp3) is 0.333. The highest BCUT2D eigenvalue weighted by atomic mass is 19.1. The van der Waals surface area contributed by atoms with E-state index in [1.165, 1.54) is 19.2 Å². The highest BCUT2D eigenvalue weighted by molar-refractivity contribution is 5.40. The number of rotatable bonds is 4. The van der Waals surface area contributed by atoms with Crippen molar-refractivity contribution in [3.05, 3.63) is 29.6 Å². The van der Waals surface area contributed by atoms with Gasteiger partial charge in [-0.3, -0.25) is 0 Å². The molecule has 0 aliphatic carbocycles. The average molecular weight is 224 g/mol. The Morgan fingerprint density at radius 2 is 2.25 bits per heavy atom. The Morgan fingerprint density at radius 1 is 1.44 bits per heavy atom. The Labute approximate surface area is 93.8 Å². The van der Waals surface area contributed by atoms with Crippen molar-refractivity contribution in [1.29, 1.82) is 0 Å². The summed E-state index contributed by atoms with van der Waals surface area (Å²) in [5.74, 6) is 5.19. The van der Waals surface area contributed by atoms with Gasteiger partial charge in [0.15, 0.2) is 18.4 Å². The van der Waals surface area contributed by atoms with E-state index >= 15 is 0 Å². The Kier molecular flexibility index (Phi) is 5.34. The monoisotopic (exact) mass is 224 g/mol. The minimum Gasteiger partial charge on any atom is -0.464 e. The van der Waals surface area contributed by atoms with Crippen LogP contribution in [0.25, 0.3) is 0 Å². The van der Waals surface area contributed by atoms with E-state index in [4.69, 9.17) is 9.84 Å². The minimum absolute atomic E-state index is 0.00948. The summed E-state index contributed by atoms with van der Waals surface area (Å²) in [5.41, 5.74) is 0.640. The molecule has 3 nitrogen and oxygen atoms in total. The van der Waals surface area contributed by atoms with E-state index in [9.17, 15) is 4.39 Å². The molecule has 1 N–H and O–H groups in total. The third-order valence-electron chi connectivity index (χ3n) is 1.73. The van der Waals surface area contributed by atoms with Crippen LogP contribution < -0.4 is 4.74 Å². The maximum absolute atomic E-state index is 13.2. The number of benzene rings is 1. The topological polar surface area (TPSA) is 38.7 Å². The summed E-state index contributed by atoms with van der Waals surface area (Å²) in [5, 5.41) is 8.56. The number of halogens is 1. The van der Waals surface area contributed by atoms with Gasteiger partial charge in [0.1, 0.15) is 0 Å². The van der Waals surface area contributed by atoms with Gasteiger partial charge in [0, 0.05) is 19.1 Å². The molecular weight excluding hydrogens is 211 g/mol. The van der Waals surface area contributed by atoms with Crippen LogP contribution in [0.5, 0.6) is 5.75 Å². The van der Waals surface area contributed by atoms with Crippen LogP contribution in [0.1, 0.15) is 12.0 Å². The average Bonchev–Trinajstić information content (AvgIpc) is 2.30. The first-order valence-corrected chi connectivity index (χ1v) is 4.79. The molecule has 0 amide bonds. The first-order chi connectivity index (χ1) is 7.77. The molecule has 0 aromatic heterocycles. The van der Waals surface area contributed by atoms with Crippen LogP contribution in [-0.2, 0) is 4.74 Å². The van der Waals surface area contributed by atoms with Gasteiger partial charge in [0.2, 0.25) is 0 Å². The SMILES string of the molecule is COCOc1cc(C#CCCO)ccc1F. The first-order valence-electron chi connectivity index (χ1n) is 4.79. The van der Waals surface area contributed by atoms with Gasteiger partial charge in [-0.1, -0.05) is 11.8 Å². The van der Waals surface area contributed by atoms with E-state index in [1.54, 1.807) is 6.07 Å². The fourth-order valence-electron chi connectivity index (χ4n) is 1.03. The largest absolute Gasteiger partial charge is 0.464 e. The quantitative estimate of drug-likeness (QED) is 0.623. The van der Waals surface area contributed by atoms with Crippen molar-refractivity contribution in [2.45, 2.75) is 6.42 Å². The molecule has 0 spiro atoms. The van der Waals surface area contributed by atoms with E-state index in [0.29, 0.717) is 12.0 Å². The van der Waals surface area contributed by atoms with Gasteiger partial charge in [-0.25, -0.2) is 4.39 Å². The molecule has 0 heterocycles. The first kappa shape index (κ1) is 12.5. The molecule has 16 heavy (non-hydrogen) atoms. The van der Waals surface area contributed by atoms with Gasteiger partial charge >= 0.3 is 0 Å². The summed E-state index contributed by atoms with van der Waals surface area (Å²) in [6, 6.07) is 4.34. The van der Waals surface area contributed by atoms with Gasteiger partial charge < -0.3 is 14.6 Å². The molecule has 86 valence electrons. The predicted octanol–water partition coefficient (Wildman–Crippen LogP) is 1.54. The van der Waals surface area contributed by atoms with E-state index in [-0.39, 0.29) is 19.1 Å². The van der Waals surface area contributed by atoms with Crippen LogP contribution in [-0.4, -0.2) is 25.6 Å². The number of methoxy groups -OCH3 is 1. The number of hydrogen-bond donors (Lipinski definition) is 1. The van der Waals surface area contributed by atoms with Crippen LogP contribution in [0.2, 0.25) is 0 Å². The summed E-state index contributed by atoms with van der Waals surface area (Å²) in [7, 11) is 1.46. The van der Waals surface area contributed by atoms with Crippen molar-refractivity contribution < 1.29 is 19.0 Å². The zero-order chi connectivity index (χ0) is 11.8. The van der Waals surface area contributed by atoms with Crippen molar-refractivity contribution in [3.63, 3.8) is 0 Å². The second kappa shape index (κ2) is 6.83. The van der Waals surface area contributed by atoms with Crippen molar-refractivity contribution in [2.75, 3.05) is 20.5 Å². The Balaban J connectivity index is 2.77. The minimum atomic E-state index is -0.454. The van der Waals surface area contributed by atoms with Gasteiger partial charge in [-0.05, 0) is 18.2 Å². The normalized spacial score (nSPS) is 9.44. The van der Waals surface area contributed by atoms with E-state index < -0.39 is 5.82 Å². The molecule has 1 aromatic carbocycles. The number of aliphatic hydroxyl groups is 1. The lowest BCUT2D eigenvalue weighted by atomic mass is 10.2. The van der Waals surface area contributed by atoms with Crippen molar-refractivity contribution in [1.82, 2.24) is 0 Å². The molecule has 0 fully saturated rings. The summed E-state index contributed by atoms with van der Waals surface area (Å²) in [4.78, 5) is 0. The lowest BCUT2D eigenvalue weighted by Gasteiger charge is -2.05. The third-order valence-corrected chi connectivity index (χ3v) is 1.73. The number of ether oxygens (including phenoxy) is 2. The molecule has 0 bridgehead atoms. The van der Waals surface area contributed by atoms with Gasteiger partial charge in [0.25, 0.3) is 0 Å². The van der Waals surface area contributed by atoms with Gasteiger partial charge in [-0.2, -0.15) is 0 Å². The van der Waals surface area contributed by atoms with Crippen LogP contribution in [0.4, 0.5) is 4.39 Å². The molecule has 0 saturated heterocycles. The standard InChI is InChI=1S/C12H13FO3/c1-15-9-16-12-8-10(4-2-3-7-14)5-6-11(12)13/h5-6,8,14H,3,7,9H2,1H3. The highest BCUT2D eigenvalue weighted by Crippen LogP contribution is 2.18. The Bertz CT molecular complexity index is 393. The highest BCUT2D eigenvalue weighted by Gasteiger charge is 2.03. The molecule has 0 radical (unpaired) electrons. The number of aliphatic hydroxyl groups excluding tert-OH is 1. The van der Waals surface area contributed by atoms with Crippen molar-refractivity contribution >= 4 is 0 Å². The number of hydrogen-bond acceptors (Lipinski definition) is 3. The smallest absolute Gasteiger partial charge is 0.188 e.